The van der Waals surface area contributed by atoms with Crippen molar-refractivity contribution in [3.8, 4) is 0 Å². The molecule has 0 aliphatic heterocycles. The first-order valence-corrected chi connectivity index (χ1v) is 11.0. The van der Waals surface area contributed by atoms with E-state index in [-0.39, 0.29) is 47.1 Å². The molecule has 0 aliphatic rings. The predicted molar refractivity (Wildman–Crippen MR) is 121 cm³/mol. The molecule has 2 atom stereocenters. The summed E-state index contributed by atoms with van der Waals surface area (Å²) in [6.45, 7) is 12.3. The average molecular weight is 459 g/mol. The number of hydrogen-bond acceptors (Lipinski definition) is 7. The van der Waals surface area contributed by atoms with Crippen LogP contribution in [0.2, 0.25) is 0 Å². The van der Waals surface area contributed by atoms with Crippen LogP contribution in [0.4, 0.5) is 4.39 Å². The fourth-order valence-electron chi connectivity index (χ4n) is 1.83. The Labute approximate surface area is 189 Å². The van der Waals surface area contributed by atoms with Gasteiger partial charge < -0.3 is 34.3 Å². The van der Waals surface area contributed by atoms with Gasteiger partial charge in [0, 0.05) is 16.3 Å². The zero-order chi connectivity index (χ0) is 23.7. The summed E-state index contributed by atoms with van der Waals surface area (Å²) < 4.78 is 39.7. The molecule has 2 amide bonds. The monoisotopic (exact) mass is 458 g/mol. The van der Waals surface area contributed by atoms with Gasteiger partial charge in [0.05, 0.1) is 65.5 Å². The highest BCUT2D eigenvalue weighted by Crippen LogP contribution is 1.94. The number of hydrogen-bond donors (Lipinski definition) is 2. The fourth-order valence-corrected chi connectivity index (χ4v) is 1.83. The largest absolute Gasteiger partial charge is 0.377 e. The van der Waals surface area contributed by atoms with Gasteiger partial charge in [0.15, 0.2) is 0 Å². The minimum absolute atomic E-state index is 0. The van der Waals surface area contributed by atoms with E-state index in [9.17, 15) is 14.0 Å². The topological polar surface area (TPSA) is 104 Å². The van der Waals surface area contributed by atoms with Gasteiger partial charge in [0.1, 0.15) is 12.8 Å². The average Bonchev–Trinajstić information content (AvgIpc) is 2.77. The second-order valence-corrected chi connectivity index (χ2v) is 6.33. The SMILES string of the molecule is CC.CCC(C)OCC(=O)NCCOCCOCCOCCOCC(F)CNC(C)=O.[HH].[HH]. The Morgan fingerprint density at radius 1 is 0.903 bits per heavy atom. The lowest BCUT2D eigenvalue weighted by atomic mass is 10.3. The number of halogens is 1. The Kier molecular flexibility index (Phi) is 25.6. The van der Waals surface area contributed by atoms with Crippen molar-refractivity contribution in [3.05, 3.63) is 0 Å². The molecule has 0 spiro atoms. The quantitative estimate of drug-likeness (QED) is 0.269. The molecule has 31 heavy (non-hydrogen) atoms. The highest BCUT2D eigenvalue weighted by molar-refractivity contribution is 5.77. The first kappa shape index (κ1) is 31.9. The van der Waals surface area contributed by atoms with Crippen molar-refractivity contribution in [1.82, 2.24) is 10.6 Å². The van der Waals surface area contributed by atoms with E-state index in [1.165, 1.54) is 6.92 Å². The third-order valence-corrected chi connectivity index (χ3v) is 3.63. The molecule has 0 saturated carbocycles. The zero-order valence-electron chi connectivity index (χ0n) is 19.9. The molecule has 0 aromatic rings. The van der Waals surface area contributed by atoms with E-state index in [4.69, 9.17) is 23.7 Å². The van der Waals surface area contributed by atoms with Crippen LogP contribution in [0.25, 0.3) is 0 Å². The van der Waals surface area contributed by atoms with E-state index in [2.05, 4.69) is 10.6 Å². The molecule has 2 N–H and O–H groups in total. The van der Waals surface area contributed by atoms with Gasteiger partial charge in [-0.2, -0.15) is 0 Å². The molecule has 2 unspecified atom stereocenters. The predicted octanol–water partition coefficient (Wildman–Crippen LogP) is 1.98. The van der Waals surface area contributed by atoms with Gasteiger partial charge in [-0.05, 0) is 13.3 Å². The Balaban J connectivity index is -0.00000102. The van der Waals surface area contributed by atoms with Gasteiger partial charge in [-0.3, -0.25) is 9.59 Å². The second-order valence-electron chi connectivity index (χ2n) is 6.33. The van der Waals surface area contributed by atoms with E-state index < -0.39 is 6.17 Å². The standard InChI is InChI=1S/C19H37FN2O7.C2H6.2H2/c1-4-16(2)29-15-19(24)21-5-6-25-7-8-26-9-10-27-11-12-28-14-18(20)13-22-17(3)23;1-2;;/h16,18H,4-15H2,1-3H3,(H,21,24)(H,22,23);1-2H3;2*1H. The summed E-state index contributed by atoms with van der Waals surface area (Å²) in [7, 11) is 0. The van der Waals surface area contributed by atoms with Crippen molar-refractivity contribution >= 4 is 11.8 Å². The van der Waals surface area contributed by atoms with Crippen LogP contribution in [0.1, 0.15) is 43.9 Å². The van der Waals surface area contributed by atoms with Crippen molar-refractivity contribution in [2.24, 2.45) is 0 Å². The fraction of sp³-hybridized carbons (Fsp3) is 0.905. The van der Waals surface area contributed by atoms with Gasteiger partial charge >= 0.3 is 0 Å². The molecule has 0 rings (SSSR count). The molecule has 190 valence electrons. The summed E-state index contributed by atoms with van der Waals surface area (Å²) in [6.07, 6.45) is -0.279. The van der Waals surface area contributed by atoms with Crippen LogP contribution in [-0.4, -0.2) is 96.6 Å². The van der Waals surface area contributed by atoms with Crippen molar-refractivity contribution in [1.29, 1.82) is 0 Å². The maximum Gasteiger partial charge on any atom is 0.246 e. The summed E-state index contributed by atoms with van der Waals surface area (Å²) in [6, 6.07) is 0. The van der Waals surface area contributed by atoms with Gasteiger partial charge in [0.25, 0.3) is 0 Å². The number of amides is 2. The van der Waals surface area contributed by atoms with Crippen molar-refractivity contribution in [2.45, 2.75) is 53.3 Å². The van der Waals surface area contributed by atoms with Gasteiger partial charge in [0.2, 0.25) is 11.8 Å². The summed E-state index contributed by atoms with van der Waals surface area (Å²) >= 11 is 0. The lowest BCUT2D eigenvalue weighted by Crippen LogP contribution is -2.32. The highest BCUT2D eigenvalue weighted by atomic mass is 19.1. The van der Waals surface area contributed by atoms with E-state index in [1.807, 2.05) is 27.7 Å². The zero-order valence-corrected chi connectivity index (χ0v) is 19.9. The minimum Gasteiger partial charge on any atom is -0.377 e. The van der Waals surface area contributed by atoms with Crippen LogP contribution >= 0.6 is 0 Å². The number of carbonyl (C=O) groups excluding carboxylic acids is 2. The van der Waals surface area contributed by atoms with Crippen molar-refractivity contribution in [3.63, 3.8) is 0 Å². The van der Waals surface area contributed by atoms with Gasteiger partial charge in [-0.15, -0.1) is 0 Å². The first-order chi connectivity index (χ1) is 15.0. The molecule has 0 saturated heterocycles. The Morgan fingerprint density at radius 3 is 1.94 bits per heavy atom. The molecule has 0 bridgehead atoms. The van der Waals surface area contributed by atoms with E-state index in [1.54, 1.807) is 0 Å². The molecule has 10 heteroatoms. The number of ether oxygens (including phenoxy) is 5. The smallest absolute Gasteiger partial charge is 0.246 e. The Hall–Kier alpha value is -1.33. The van der Waals surface area contributed by atoms with Crippen molar-refractivity contribution < 1.29 is 40.5 Å². The van der Waals surface area contributed by atoms with Gasteiger partial charge in [-0.1, -0.05) is 20.8 Å². The van der Waals surface area contributed by atoms with Crippen LogP contribution in [0.15, 0.2) is 0 Å². The summed E-state index contributed by atoms with van der Waals surface area (Å²) in [5, 5.41) is 5.10. The molecule has 0 radical (unpaired) electrons. The van der Waals surface area contributed by atoms with Crippen LogP contribution in [0.5, 0.6) is 0 Å². The molecule has 0 aliphatic carbocycles. The Bertz CT molecular complexity index is 428. The van der Waals surface area contributed by atoms with Crippen LogP contribution < -0.4 is 10.6 Å². The van der Waals surface area contributed by atoms with Crippen LogP contribution in [0.3, 0.4) is 0 Å². The summed E-state index contributed by atoms with van der Waals surface area (Å²) in [4.78, 5) is 22.1. The third-order valence-electron chi connectivity index (χ3n) is 3.63. The Morgan fingerprint density at radius 2 is 1.42 bits per heavy atom. The molecular formula is C21H47FN2O7. The van der Waals surface area contributed by atoms with E-state index >= 15 is 0 Å². The maximum atomic E-state index is 13.3. The third kappa shape index (κ3) is 26.6. The number of rotatable bonds is 20. The molecular weight excluding hydrogens is 411 g/mol. The molecule has 0 heterocycles. The number of carbonyl (C=O) groups is 2. The van der Waals surface area contributed by atoms with Crippen LogP contribution in [-0.2, 0) is 33.3 Å². The number of alkyl halides is 1. The van der Waals surface area contributed by atoms with Gasteiger partial charge in [-0.25, -0.2) is 4.39 Å². The molecule has 0 aromatic heterocycles. The second kappa shape index (κ2) is 24.9. The summed E-state index contributed by atoms with van der Waals surface area (Å²) in [5.74, 6) is -0.420. The summed E-state index contributed by atoms with van der Waals surface area (Å²) in [5.41, 5.74) is 0. The van der Waals surface area contributed by atoms with E-state index in [0.717, 1.165) is 6.42 Å². The highest BCUT2D eigenvalue weighted by Gasteiger charge is 2.07. The lowest BCUT2D eigenvalue weighted by Gasteiger charge is -2.11. The normalized spacial score (nSPS) is 12.5. The maximum absolute atomic E-state index is 13.3. The molecule has 9 nitrogen and oxygen atoms in total. The van der Waals surface area contributed by atoms with Crippen molar-refractivity contribution in [2.75, 3.05) is 72.6 Å². The van der Waals surface area contributed by atoms with Crippen LogP contribution in [0, 0.1) is 0 Å². The first-order valence-electron chi connectivity index (χ1n) is 11.0. The molecule has 0 fully saturated rings. The lowest BCUT2D eigenvalue weighted by molar-refractivity contribution is -0.127. The minimum atomic E-state index is -1.23. The van der Waals surface area contributed by atoms with E-state index in [0.29, 0.717) is 46.2 Å². The molecule has 0 aromatic carbocycles. The number of nitrogens with one attached hydrogen (secondary N) is 2.